The maximum Gasteiger partial charge on any atom is 0.408 e. The Morgan fingerprint density at radius 1 is 1.43 bits per heavy atom. The molecule has 1 aliphatic rings. The molecule has 23 heavy (non-hydrogen) atoms. The highest BCUT2D eigenvalue weighted by Gasteiger charge is 2.32. The molecule has 0 bridgehead atoms. The molecule has 0 aromatic rings. The van der Waals surface area contributed by atoms with Crippen LogP contribution in [0.2, 0.25) is 0 Å². The first kappa shape index (κ1) is 19.3. The summed E-state index contributed by atoms with van der Waals surface area (Å²) in [5.74, 6) is 2.62. The quantitative estimate of drug-likeness (QED) is 0.756. The average molecular weight is 324 g/mol. The van der Waals surface area contributed by atoms with E-state index in [2.05, 4.69) is 11.2 Å². The summed E-state index contributed by atoms with van der Waals surface area (Å²) >= 11 is 0. The van der Waals surface area contributed by atoms with E-state index in [1.54, 1.807) is 25.7 Å². The van der Waals surface area contributed by atoms with Crippen molar-refractivity contribution in [2.75, 3.05) is 26.3 Å². The zero-order valence-corrected chi connectivity index (χ0v) is 14.6. The van der Waals surface area contributed by atoms with Gasteiger partial charge in [0.2, 0.25) is 5.91 Å². The van der Waals surface area contributed by atoms with Gasteiger partial charge in [-0.3, -0.25) is 4.79 Å². The summed E-state index contributed by atoms with van der Waals surface area (Å²) in [4.78, 5) is 26.2. The normalized spacial score (nSPS) is 19.1. The zero-order valence-electron chi connectivity index (χ0n) is 14.6. The number of rotatable bonds is 6. The number of carbonyl (C=O) groups is 2. The molecular weight excluding hydrogens is 296 g/mol. The third-order valence-electron chi connectivity index (χ3n) is 3.47. The first-order valence-electron chi connectivity index (χ1n) is 8.06. The Kier molecular flexibility index (Phi) is 7.37. The molecule has 0 saturated carbocycles. The van der Waals surface area contributed by atoms with Crippen LogP contribution in [-0.4, -0.2) is 54.8 Å². The van der Waals surface area contributed by atoms with E-state index in [0.717, 1.165) is 6.42 Å². The fraction of sp³-hybridized carbons (Fsp3) is 0.765. The topological polar surface area (TPSA) is 67.9 Å². The highest BCUT2D eigenvalue weighted by Crippen LogP contribution is 2.18. The van der Waals surface area contributed by atoms with Crippen molar-refractivity contribution in [1.29, 1.82) is 0 Å². The molecular formula is C17H28N2O4. The number of nitrogens with zero attached hydrogens (tertiary/aromatic N) is 1. The third kappa shape index (κ3) is 6.91. The Morgan fingerprint density at radius 2 is 2.13 bits per heavy atom. The van der Waals surface area contributed by atoms with Crippen LogP contribution in [0.15, 0.2) is 0 Å². The van der Waals surface area contributed by atoms with Gasteiger partial charge in [0, 0.05) is 32.0 Å². The molecule has 1 saturated heterocycles. The van der Waals surface area contributed by atoms with Crippen molar-refractivity contribution in [2.24, 2.45) is 5.92 Å². The number of hydrogen-bond donors (Lipinski definition) is 1. The van der Waals surface area contributed by atoms with Gasteiger partial charge in [-0.25, -0.2) is 4.79 Å². The van der Waals surface area contributed by atoms with E-state index in [1.807, 2.05) is 6.92 Å². The summed E-state index contributed by atoms with van der Waals surface area (Å²) < 4.78 is 10.6. The number of hydrogen-bond acceptors (Lipinski definition) is 4. The van der Waals surface area contributed by atoms with Crippen molar-refractivity contribution < 1.29 is 19.1 Å². The van der Waals surface area contributed by atoms with Gasteiger partial charge in [0.1, 0.15) is 11.6 Å². The van der Waals surface area contributed by atoms with Crippen LogP contribution in [0.5, 0.6) is 0 Å². The predicted molar refractivity (Wildman–Crippen MR) is 87.8 cm³/mol. The Labute approximate surface area is 138 Å². The van der Waals surface area contributed by atoms with Gasteiger partial charge in [-0.05, 0) is 34.1 Å². The van der Waals surface area contributed by atoms with Crippen LogP contribution in [0.3, 0.4) is 0 Å². The van der Waals surface area contributed by atoms with Gasteiger partial charge in [0.25, 0.3) is 0 Å². The number of ether oxygens (including phenoxy) is 2. The molecule has 130 valence electrons. The second-order valence-corrected chi connectivity index (χ2v) is 6.71. The highest BCUT2D eigenvalue weighted by molar-refractivity contribution is 5.86. The Bertz CT molecular complexity index is 450. The summed E-state index contributed by atoms with van der Waals surface area (Å²) in [5, 5.41) is 2.58. The first-order valence-corrected chi connectivity index (χ1v) is 8.06. The fourth-order valence-corrected chi connectivity index (χ4v) is 2.44. The molecule has 6 heteroatoms. The van der Waals surface area contributed by atoms with Gasteiger partial charge < -0.3 is 19.7 Å². The number of alkyl carbamates (subject to hydrolysis) is 1. The van der Waals surface area contributed by atoms with Gasteiger partial charge in [0.05, 0.1) is 6.61 Å². The molecule has 0 unspecified atom stereocenters. The van der Waals surface area contributed by atoms with Crippen molar-refractivity contribution >= 4 is 12.0 Å². The number of nitrogens with one attached hydrogen (secondary N) is 1. The van der Waals surface area contributed by atoms with Gasteiger partial charge in [0.15, 0.2) is 0 Å². The van der Waals surface area contributed by atoms with E-state index in [9.17, 15) is 9.59 Å². The lowest BCUT2D eigenvalue weighted by molar-refractivity contribution is -0.132. The second kappa shape index (κ2) is 8.78. The molecule has 0 aromatic carbocycles. The lowest BCUT2D eigenvalue weighted by atomic mass is 10.1. The number of amides is 2. The smallest absolute Gasteiger partial charge is 0.408 e. The number of likely N-dealkylation sites (tertiary alicyclic amines) is 1. The van der Waals surface area contributed by atoms with Crippen LogP contribution in [0, 0.1) is 18.3 Å². The van der Waals surface area contributed by atoms with Crippen molar-refractivity contribution in [3.8, 4) is 12.3 Å². The largest absolute Gasteiger partial charge is 0.444 e. The minimum Gasteiger partial charge on any atom is -0.444 e. The van der Waals surface area contributed by atoms with E-state index in [1.165, 1.54) is 0 Å². The maximum absolute atomic E-state index is 12.6. The predicted octanol–water partition coefficient (Wildman–Crippen LogP) is 1.79. The molecule has 0 radical (unpaired) electrons. The lowest BCUT2D eigenvalue weighted by Crippen LogP contribution is -2.49. The third-order valence-corrected chi connectivity index (χ3v) is 3.47. The van der Waals surface area contributed by atoms with E-state index in [-0.39, 0.29) is 12.3 Å². The van der Waals surface area contributed by atoms with Gasteiger partial charge in [-0.15, -0.1) is 12.3 Å². The standard InChI is InChI=1S/C17H28N2O4/c1-6-8-14(18-16(21)23-17(3,4)5)15(20)19-10-9-13(11-19)12-22-7-2/h1,13-14H,7-12H2,2-5H3,(H,18,21)/t13-,14+/m0/s1. The summed E-state index contributed by atoms with van der Waals surface area (Å²) in [6, 6.07) is -0.749. The highest BCUT2D eigenvalue weighted by atomic mass is 16.6. The SMILES string of the molecule is C#CC[C@@H](NC(=O)OC(C)(C)C)C(=O)N1CC[C@H](COCC)C1. The maximum atomic E-state index is 12.6. The summed E-state index contributed by atoms with van der Waals surface area (Å²) in [6.45, 7) is 9.87. The molecule has 1 fully saturated rings. The van der Waals surface area contributed by atoms with Crippen molar-refractivity contribution in [1.82, 2.24) is 10.2 Å². The summed E-state index contributed by atoms with van der Waals surface area (Å²) in [7, 11) is 0. The number of terminal acetylenes is 1. The minimum atomic E-state index is -0.749. The number of carbonyl (C=O) groups excluding carboxylic acids is 2. The van der Waals surface area contributed by atoms with Crippen molar-refractivity contribution in [3.63, 3.8) is 0 Å². The van der Waals surface area contributed by atoms with E-state index in [0.29, 0.717) is 32.2 Å². The molecule has 0 aromatic heterocycles. The van der Waals surface area contributed by atoms with E-state index < -0.39 is 17.7 Å². The van der Waals surface area contributed by atoms with Crippen LogP contribution < -0.4 is 5.32 Å². The average Bonchev–Trinajstić information content (AvgIpc) is 2.90. The molecule has 1 rings (SSSR count). The van der Waals surface area contributed by atoms with Gasteiger partial charge in [-0.2, -0.15) is 0 Å². The van der Waals surface area contributed by atoms with Gasteiger partial charge >= 0.3 is 6.09 Å². The Balaban J connectivity index is 2.58. The van der Waals surface area contributed by atoms with Crippen molar-refractivity contribution in [2.45, 2.75) is 52.2 Å². The molecule has 0 spiro atoms. The molecule has 2 amide bonds. The van der Waals surface area contributed by atoms with Crippen LogP contribution in [0.1, 0.15) is 40.5 Å². The molecule has 1 N–H and O–H groups in total. The van der Waals surface area contributed by atoms with E-state index in [4.69, 9.17) is 15.9 Å². The molecule has 6 nitrogen and oxygen atoms in total. The second-order valence-electron chi connectivity index (χ2n) is 6.71. The summed E-state index contributed by atoms with van der Waals surface area (Å²) in [6.07, 6.45) is 5.75. The lowest BCUT2D eigenvalue weighted by Gasteiger charge is -2.25. The monoisotopic (exact) mass is 324 g/mol. The molecule has 1 aliphatic heterocycles. The summed E-state index contributed by atoms with van der Waals surface area (Å²) in [5.41, 5.74) is -0.621. The Morgan fingerprint density at radius 3 is 2.70 bits per heavy atom. The fourth-order valence-electron chi connectivity index (χ4n) is 2.44. The Hall–Kier alpha value is -1.74. The zero-order chi connectivity index (χ0) is 17.5. The molecule has 1 heterocycles. The van der Waals surface area contributed by atoms with Crippen LogP contribution in [0.25, 0.3) is 0 Å². The van der Waals surface area contributed by atoms with Crippen LogP contribution in [-0.2, 0) is 14.3 Å². The van der Waals surface area contributed by atoms with Crippen LogP contribution >= 0.6 is 0 Å². The minimum absolute atomic E-state index is 0.144. The molecule has 2 atom stereocenters. The van der Waals surface area contributed by atoms with E-state index >= 15 is 0 Å². The first-order chi connectivity index (χ1) is 10.8. The van der Waals surface area contributed by atoms with Gasteiger partial charge in [-0.1, -0.05) is 0 Å². The molecule has 0 aliphatic carbocycles. The van der Waals surface area contributed by atoms with Crippen molar-refractivity contribution in [3.05, 3.63) is 0 Å². The van der Waals surface area contributed by atoms with Crippen LogP contribution in [0.4, 0.5) is 4.79 Å².